The molecule has 0 bridgehead atoms. The summed E-state index contributed by atoms with van der Waals surface area (Å²) in [5, 5.41) is 11.0. The number of anilines is 1. The van der Waals surface area contributed by atoms with Gasteiger partial charge in [0.15, 0.2) is 11.1 Å². The van der Waals surface area contributed by atoms with E-state index in [1.165, 1.54) is 25.1 Å². The van der Waals surface area contributed by atoms with E-state index in [9.17, 15) is 22.8 Å². The zero-order valence-electron chi connectivity index (χ0n) is 15.5. The van der Waals surface area contributed by atoms with Crippen LogP contribution in [0.3, 0.4) is 0 Å². The van der Waals surface area contributed by atoms with Crippen LogP contribution in [0, 0.1) is 11.7 Å². The molecule has 1 amide bonds. The van der Waals surface area contributed by atoms with E-state index >= 15 is 0 Å². The van der Waals surface area contributed by atoms with Crippen molar-refractivity contribution in [3.05, 3.63) is 47.8 Å². The largest absolute Gasteiger partial charge is 0.425 e. The van der Waals surface area contributed by atoms with Gasteiger partial charge in [0.05, 0.1) is 11.4 Å². The number of pyridine rings is 1. The molecule has 1 saturated carbocycles. The van der Waals surface area contributed by atoms with Crippen LogP contribution >= 0.6 is 0 Å². The second kappa shape index (κ2) is 7.03. The molecule has 2 aromatic heterocycles. The van der Waals surface area contributed by atoms with Crippen LogP contribution in [0.25, 0.3) is 22.2 Å². The smallest absolute Gasteiger partial charge is 0.250 e. The Hall–Kier alpha value is -3.14. The lowest BCUT2D eigenvalue weighted by molar-refractivity contribution is -0.119. The maximum atomic E-state index is 14.6. The van der Waals surface area contributed by atoms with Gasteiger partial charge in [-0.2, -0.15) is 9.72 Å². The molecule has 0 atom stereocenters. The number of hydrogen-bond acceptors (Lipinski definition) is 4. The van der Waals surface area contributed by atoms with Gasteiger partial charge in [-0.3, -0.25) is 9.52 Å². The van der Waals surface area contributed by atoms with Crippen molar-refractivity contribution < 1.29 is 22.8 Å². The molecule has 3 aromatic rings. The van der Waals surface area contributed by atoms with Gasteiger partial charge in [0, 0.05) is 17.5 Å². The fraction of sp³-hybridized carbons (Fsp3) is 0.263. The van der Waals surface area contributed by atoms with E-state index in [1.807, 2.05) is 0 Å². The number of benzene rings is 1. The highest BCUT2D eigenvalue weighted by molar-refractivity contribution is 7.92. The average molecular weight is 418 g/mol. The summed E-state index contributed by atoms with van der Waals surface area (Å²) in [7, 11) is -3.61. The number of carbonyl (C=O) groups is 1. The van der Waals surface area contributed by atoms with Gasteiger partial charge in [-0.1, -0.05) is 6.07 Å². The van der Waals surface area contributed by atoms with Crippen LogP contribution in [0.4, 0.5) is 10.1 Å². The zero-order chi connectivity index (χ0) is 20.8. The van der Waals surface area contributed by atoms with Crippen molar-refractivity contribution in [1.82, 2.24) is 9.71 Å². The molecule has 10 heteroatoms. The maximum Gasteiger partial charge on any atom is 0.250 e. The molecule has 152 valence electrons. The van der Waals surface area contributed by atoms with E-state index in [4.69, 9.17) is 0 Å². The number of carbonyl (C=O) groups excluding carboxylic acids is 1. The predicted octanol–water partition coefficient (Wildman–Crippen LogP) is 2.61. The lowest BCUT2D eigenvalue weighted by Crippen LogP contribution is -2.22. The number of aromatic amines is 1. The van der Waals surface area contributed by atoms with Gasteiger partial charge in [-0.15, -0.1) is 0 Å². The number of hydrogen-bond donors (Lipinski definition) is 3. The van der Waals surface area contributed by atoms with Gasteiger partial charge in [-0.25, -0.2) is 12.8 Å². The molecule has 1 fully saturated rings. The highest BCUT2D eigenvalue weighted by atomic mass is 32.2. The minimum atomic E-state index is -3.61. The van der Waals surface area contributed by atoms with Crippen LogP contribution in [-0.4, -0.2) is 35.0 Å². The molecule has 0 spiro atoms. The Morgan fingerprint density at radius 1 is 1.34 bits per heavy atom. The fourth-order valence-corrected chi connectivity index (χ4v) is 3.64. The number of halogens is 1. The number of H-pyrrole nitrogens is 1. The van der Waals surface area contributed by atoms with Crippen LogP contribution < -0.4 is 10.2 Å². The summed E-state index contributed by atoms with van der Waals surface area (Å²) in [5.74, 6) is -1.33. The van der Waals surface area contributed by atoms with E-state index in [2.05, 4.69) is 14.7 Å². The van der Waals surface area contributed by atoms with Gasteiger partial charge < -0.3 is 10.2 Å². The second-order valence-corrected chi connectivity index (χ2v) is 8.90. The standard InChI is InChI=1S/C19H19FN4O4S/c1-2-29(27,28)23-16-6-5-12(9-15(16)20)14-10-17(22-19(25)11-3-4-11)24(26)18-13(14)7-8-21-18/h5-11,21,23,26H,2-4H2,1H3. The normalized spacial score (nSPS) is 15.0. The molecule has 1 aliphatic rings. The number of nitrogens with one attached hydrogen (secondary N) is 2. The van der Waals surface area contributed by atoms with Gasteiger partial charge in [-0.05, 0) is 55.2 Å². The maximum absolute atomic E-state index is 14.6. The molecule has 0 saturated heterocycles. The summed E-state index contributed by atoms with van der Waals surface area (Å²) in [6.07, 6.45) is 3.17. The highest BCUT2D eigenvalue weighted by Crippen LogP contribution is 2.31. The molecule has 0 aliphatic heterocycles. The molecule has 29 heavy (non-hydrogen) atoms. The number of nitrogens with zero attached hydrogens (tertiary/aromatic N) is 2. The molecule has 2 heterocycles. The monoisotopic (exact) mass is 418 g/mol. The van der Waals surface area contributed by atoms with Crippen molar-refractivity contribution >= 4 is 32.7 Å². The van der Waals surface area contributed by atoms with E-state index < -0.39 is 15.8 Å². The summed E-state index contributed by atoms with van der Waals surface area (Å²) in [6.45, 7) is 1.46. The molecule has 0 radical (unpaired) electrons. The van der Waals surface area contributed by atoms with Gasteiger partial charge in [0.25, 0.3) is 5.91 Å². The summed E-state index contributed by atoms with van der Waals surface area (Å²) in [5.41, 5.74) is 1.17. The lowest BCUT2D eigenvalue weighted by Gasteiger charge is -2.11. The topological polar surface area (TPSA) is 117 Å². The Kier molecular flexibility index (Phi) is 4.65. The first-order valence-electron chi connectivity index (χ1n) is 9.10. The Morgan fingerprint density at radius 3 is 2.76 bits per heavy atom. The summed E-state index contributed by atoms with van der Waals surface area (Å²) in [4.78, 5) is 19.0. The zero-order valence-corrected chi connectivity index (χ0v) is 16.3. The first-order valence-corrected chi connectivity index (χ1v) is 10.8. The van der Waals surface area contributed by atoms with Crippen molar-refractivity contribution in [2.75, 3.05) is 10.5 Å². The number of fused-ring (bicyclic) bond motifs is 1. The third-order valence-electron chi connectivity index (χ3n) is 4.79. The number of rotatable bonds is 5. The van der Waals surface area contributed by atoms with Crippen LogP contribution in [0.5, 0.6) is 0 Å². The minimum Gasteiger partial charge on any atom is -0.425 e. The van der Waals surface area contributed by atoms with Crippen molar-refractivity contribution in [3.63, 3.8) is 0 Å². The third-order valence-corrected chi connectivity index (χ3v) is 6.09. The third kappa shape index (κ3) is 3.75. The second-order valence-electron chi connectivity index (χ2n) is 6.89. The van der Waals surface area contributed by atoms with E-state index in [1.54, 1.807) is 18.3 Å². The van der Waals surface area contributed by atoms with E-state index in [-0.39, 0.29) is 28.8 Å². The van der Waals surface area contributed by atoms with Crippen molar-refractivity contribution in [3.8, 4) is 11.1 Å². The number of sulfonamides is 1. The molecule has 8 nitrogen and oxygen atoms in total. The van der Waals surface area contributed by atoms with Crippen LogP contribution in [0.2, 0.25) is 0 Å². The minimum absolute atomic E-state index is 0.0306. The SMILES string of the molecule is CCS(=O)(=O)Nc1ccc(-c2cc(=NC(=O)C3CC3)n(O)c3[nH]ccc23)cc1F. The molecule has 1 aliphatic carbocycles. The Balaban J connectivity index is 1.83. The highest BCUT2D eigenvalue weighted by Gasteiger charge is 2.29. The number of aromatic nitrogens is 2. The van der Waals surface area contributed by atoms with Crippen LogP contribution in [0.1, 0.15) is 19.8 Å². The van der Waals surface area contributed by atoms with E-state index in [0.29, 0.717) is 22.2 Å². The lowest BCUT2D eigenvalue weighted by atomic mass is 10.0. The Labute approximate surface area is 165 Å². The fourth-order valence-electron chi connectivity index (χ4n) is 2.99. The van der Waals surface area contributed by atoms with Gasteiger partial charge in [0.2, 0.25) is 10.0 Å². The summed E-state index contributed by atoms with van der Waals surface area (Å²) < 4.78 is 41.0. The van der Waals surface area contributed by atoms with Crippen molar-refractivity contribution in [1.29, 1.82) is 0 Å². The molecule has 1 aromatic carbocycles. The van der Waals surface area contributed by atoms with Crippen molar-refractivity contribution in [2.45, 2.75) is 19.8 Å². The van der Waals surface area contributed by atoms with E-state index in [0.717, 1.165) is 17.6 Å². The molecular weight excluding hydrogens is 399 g/mol. The van der Waals surface area contributed by atoms with Crippen LogP contribution in [0.15, 0.2) is 41.5 Å². The summed E-state index contributed by atoms with van der Waals surface area (Å²) >= 11 is 0. The summed E-state index contributed by atoms with van der Waals surface area (Å²) in [6, 6.07) is 7.30. The average Bonchev–Trinajstić information content (AvgIpc) is 3.42. The molecule has 0 unspecified atom stereocenters. The molecule has 4 rings (SSSR count). The Bertz CT molecular complexity index is 1290. The predicted molar refractivity (Wildman–Crippen MR) is 105 cm³/mol. The van der Waals surface area contributed by atoms with Gasteiger partial charge >= 0.3 is 0 Å². The Morgan fingerprint density at radius 2 is 2.10 bits per heavy atom. The van der Waals surface area contributed by atoms with Crippen molar-refractivity contribution in [2.24, 2.45) is 10.9 Å². The quantitative estimate of drug-likeness (QED) is 0.552. The molecular formula is C19H19FN4O4S. The van der Waals surface area contributed by atoms with Gasteiger partial charge in [0.1, 0.15) is 5.82 Å². The first-order chi connectivity index (χ1) is 13.8. The van der Waals surface area contributed by atoms with Crippen LogP contribution in [-0.2, 0) is 14.8 Å². The first kappa shape index (κ1) is 19.2. The molecule has 3 N–H and O–H groups in total. The number of amides is 1.